The lowest BCUT2D eigenvalue weighted by atomic mass is 10.3. The minimum atomic E-state index is -1.44. The number of carboxylic acids is 1. The molecule has 0 aliphatic heterocycles. The molecule has 2 heterocycles. The number of carboxylic acid groups (broad SMARTS) is 1. The molecule has 0 saturated heterocycles. The lowest BCUT2D eigenvalue weighted by molar-refractivity contribution is -0.385. The third kappa shape index (κ3) is 2.03. The molecule has 0 radical (unpaired) electrons. The van der Waals surface area contributed by atoms with Gasteiger partial charge in [0, 0.05) is 11.9 Å². The monoisotopic (exact) mass is 248 g/mol. The van der Waals surface area contributed by atoms with E-state index in [1.54, 1.807) is 19.1 Å². The van der Waals surface area contributed by atoms with Crippen molar-refractivity contribution in [3.63, 3.8) is 0 Å². The molecule has 0 spiro atoms. The van der Waals surface area contributed by atoms with Gasteiger partial charge in [0.15, 0.2) is 0 Å². The van der Waals surface area contributed by atoms with Crippen LogP contribution < -0.4 is 0 Å². The summed E-state index contributed by atoms with van der Waals surface area (Å²) in [6.07, 6.45) is 2.58. The minimum absolute atomic E-state index is 0.512. The number of hydrogen-bond acceptors (Lipinski definition) is 5. The molecule has 18 heavy (non-hydrogen) atoms. The molecule has 0 atom stereocenters. The van der Waals surface area contributed by atoms with Crippen molar-refractivity contribution in [2.45, 2.75) is 6.92 Å². The summed E-state index contributed by atoms with van der Waals surface area (Å²) in [5.41, 5.74) is 0.0760. The highest BCUT2D eigenvalue weighted by Gasteiger charge is 2.25. The summed E-state index contributed by atoms with van der Waals surface area (Å²) < 4.78 is 1.15. The van der Waals surface area contributed by atoms with E-state index in [1.165, 1.54) is 6.20 Å². The van der Waals surface area contributed by atoms with E-state index >= 15 is 0 Å². The van der Waals surface area contributed by atoms with E-state index in [9.17, 15) is 14.9 Å². The Morgan fingerprint density at radius 3 is 2.78 bits per heavy atom. The van der Waals surface area contributed by atoms with Gasteiger partial charge in [-0.05, 0) is 19.1 Å². The molecule has 0 saturated carbocycles. The molecule has 92 valence electrons. The van der Waals surface area contributed by atoms with Gasteiger partial charge in [0.2, 0.25) is 5.69 Å². The van der Waals surface area contributed by atoms with Crippen LogP contribution in [0.2, 0.25) is 0 Å². The second-order valence-electron chi connectivity index (χ2n) is 3.53. The van der Waals surface area contributed by atoms with E-state index in [4.69, 9.17) is 5.11 Å². The quantitative estimate of drug-likeness (QED) is 0.644. The minimum Gasteiger partial charge on any atom is -0.476 e. The fourth-order valence-corrected chi connectivity index (χ4v) is 1.46. The smallest absolute Gasteiger partial charge is 0.363 e. The Hall–Kier alpha value is -2.77. The molecule has 1 N–H and O–H groups in total. The molecular weight excluding hydrogens is 240 g/mol. The van der Waals surface area contributed by atoms with Crippen molar-refractivity contribution < 1.29 is 14.8 Å². The molecule has 0 amide bonds. The van der Waals surface area contributed by atoms with Crippen LogP contribution in [-0.4, -0.2) is 30.8 Å². The van der Waals surface area contributed by atoms with E-state index in [0.717, 1.165) is 10.9 Å². The number of nitro groups is 1. The maximum atomic E-state index is 10.8. The van der Waals surface area contributed by atoms with Gasteiger partial charge in [-0.2, -0.15) is 5.10 Å². The normalized spacial score (nSPS) is 10.3. The fraction of sp³-hybridized carbons (Fsp3) is 0.100. The fourth-order valence-electron chi connectivity index (χ4n) is 1.46. The first-order valence-corrected chi connectivity index (χ1v) is 4.89. The predicted molar refractivity (Wildman–Crippen MR) is 59.7 cm³/mol. The molecular formula is C10H8N4O4. The lowest BCUT2D eigenvalue weighted by Crippen LogP contribution is -2.03. The van der Waals surface area contributed by atoms with Crippen molar-refractivity contribution in [3.8, 4) is 5.69 Å². The highest BCUT2D eigenvalue weighted by molar-refractivity contribution is 5.89. The summed E-state index contributed by atoms with van der Waals surface area (Å²) in [4.78, 5) is 24.8. The first-order chi connectivity index (χ1) is 8.49. The van der Waals surface area contributed by atoms with Gasteiger partial charge in [-0.25, -0.2) is 9.48 Å². The Morgan fingerprint density at radius 2 is 2.28 bits per heavy atom. The molecule has 0 unspecified atom stereocenters. The Balaban J connectivity index is 2.57. The van der Waals surface area contributed by atoms with Crippen LogP contribution in [0.15, 0.2) is 24.5 Å². The highest BCUT2D eigenvalue weighted by atomic mass is 16.6. The van der Waals surface area contributed by atoms with Crippen LogP contribution in [0.25, 0.3) is 5.69 Å². The van der Waals surface area contributed by atoms with Gasteiger partial charge in [0.25, 0.3) is 0 Å². The van der Waals surface area contributed by atoms with Crippen molar-refractivity contribution in [2.24, 2.45) is 0 Å². The number of aryl methyl sites for hydroxylation is 1. The molecule has 0 aliphatic rings. The molecule has 0 aliphatic carbocycles. The predicted octanol–water partition coefficient (Wildman–Crippen LogP) is 1.18. The number of hydrogen-bond donors (Lipinski definition) is 1. The van der Waals surface area contributed by atoms with Crippen molar-refractivity contribution in [1.82, 2.24) is 14.8 Å². The van der Waals surface area contributed by atoms with E-state index in [0.29, 0.717) is 11.4 Å². The third-order valence-electron chi connectivity index (χ3n) is 2.24. The number of nitrogens with zero attached hydrogens (tertiary/aromatic N) is 4. The van der Waals surface area contributed by atoms with Gasteiger partial charge in [-0.3, -0.25) is 15.1 Å². The number of aromatic nitrogens is 3. The van der Waals surface area contributed by atoms with Gasteiger partial charge in [-0.15, -0.1) is 0 Å². The van der Waals surface area contributed by atoms with Crippen LogP contribution in [0.5, 0.6) is 0 Å². The first-order valence-electron chi connectivity index (χ1n) is 4.89. The van der Waals surface area contributed by atoms with E-state index < -0.39 is 22.3 Å². The first kappa shape index (κ1) is 11.7. The van der Waals surface area contributed by atoms with Gasteiger partial charge in [-0.1, -0.05) is 0 Å². The number of rotatable bonds is 3. The molecule has 8 heteroatoms. The molecule has 0 aromatic carbocycles. The lowest BCUT2D eigenvalue weighted by Gasteiger charge is -2.00. The molecule has 2 aromatic heterocycles. The Labute approximate surface area is 101 Å². The standard InChI is InChI=1S/C10H8N4O4/c1-6-4-7(2-3-11-6)13-5-8(14(17)18)9(12-13)10(15)16/h2-5H,1H3,(H,15,16). The molecule has 0 bridgehead atoms. The molecule has 8 nitrogen and oxygen atoms in total. The van der Waals surface area contributed by atoms with Crippen molar-refractivity contribution in [3.05, 3.63) is 46.0 Å². The summed E-state index contributed by atoms with van der Waals surface area (Å²) >= 11 is 0. The largest absolute Gasteiger partial charge is 0.476 e. The maximum absolute atomic E-state index is 10.8. The van der Waals surface area contributed by atoms with Crippen molar-refractivity contribution in [1.29, 1.82) is 0 Å². The average Bonchev–Trinajstić information content (AvgIpc) is 2.73. The summed E-state index contributed by atoms with van der Waals surface area (Å²) in [6.45, 7) is 1.75. The Morgan fingerprint density at radius 1 is 1.56 bits per heavy atom. The SMILES string of the molecule is Cc1cc(-n2cc([N+](=O)[O-])c(C(=O)O)n2)ccn1. The Bertz CT molecular complexity index is 603. The number of carbonyl (C=O) groups is 1. The second-order valence-corrected chi connectivity index (χ2v) is 3.53. The van der Waals surface area contributed by atoms with Crippen LogP contribution in [0, 0.1) is 17.0 Å². The summed E-state index contributed by atoms with van der Waals surface area (Å²) in [7, 11) is 0. The Kier molecular flexibility index (Phi) is 2.76. The van der Waals surface area contributed by atoms with Crippen LogP contribution >= 0.6 is 0 Å². The maximum Gasteiger partial charge on any atom is 0.363 e. The second kappa shape index (κ2) is 4.24. The summed E-state index contributed by atoms with van der Waals surface area (Å²) in [5.74, 6) is -1.44. The van der Waals surface area contributed by atoms with E-state index in [2.05, 4.69) is 10.1 Å². The highest BCUT2D eigenvalue weighted by Crippen LogP contribution is 2.19. The number of pyridine rings is 1. The zero-order chi connectivity index (χ0) is 13.3. The zero-order valence-electron chi connectivity index (χ0n) is 9.27. The van der Waals surface area contributed by atoms with Gasteiger partial charge < -0.3 is 5.11 Å². The van der Waals surface area contributed by atoms with Crippen molar-refractivity contribution >= 4 is 11.7 Å². The third-order valence-corrected chi connectivity index (χ3v) is 2.24. The molecule has 0 fully saturated rings. The summed E-state index contributed by atoms with van der Waals surface area (Å²) in [6, 6.07) is 3.22. The van der Waals surface area contributed by atoms with Crippen molar-refractivity contribution in [2.75, 3.05) is 0 Å². The van der Waals surface area contributed by atoms with Crippen LogP contribution in [0.3, 0.4) is 0 Å². The molecule has 2 rings (SSSR count). The summed E-state index contributed by atoms with van der Waals surface area (Å²) in [5, 5.41) is 23.2. The van der Waals surface area contributed by atoms with Gasteiger partial charge >= 0.3 is 11.7 Å². The van der Waals surface area contributed by atoms with Crippen LogP contribution in [0.1, 0.15) is 16.2 Å². The van der Waals surface area contributed by atoms with Gasteiger partial charge in [0.05, 0.1) is 10.6 Å². The average molecular weight is 248 g/mol. The zero-order valence-corrected chi connectivity index (χ0v) is 9.27. The molecule has 2 aromatic rings. The van der Waals surface area contributed by atoms with Crippen LogP contribution in [0.4, 0.5) is 5.69 Å². The number of aromatic carboxylic acids is 1. The van der Waals surface area contributed by atoms with E-state index in [1.807, 2.05) is 0 Å². The van der Waals surface area contributed by atoms with E-state index in [-0.39, 0.29) is 0 Å². The topological polar surface area (TPSA) is 111 Å². The van der Waals surface area contributed by atoms with Crippen LogP contribution in [-0.2, 0) is 0 Å². The van der Waals surface area contributed by atoms with Gasteiger partial charge in [0.1, 0.15) is 6.20 Å².